The van der Waals surface area contributed by atoms with Crippen LogP contribution in [0.15, 0.2) is 54.6 Å². The van der Waals surface area contributed by atoms with Crippen LogP contribution in [-0.2, 0) is 79.9 Å². The topological polar surface area (TPSA) is 357 Å². The first-order valence-electron chi connectivity index (χ1n) is 38.4. The fraction of sp³-hybridized carbons (Fsp3) is 0.633. The van der Waals surface area contributed by atoms with E-state index in [1.165, 1.54) is 19.1 Å². The van der Waals surface area contributed by atoms with Gasteiger partial charge in [0.1, 0.15) is 24.2 Å². The predicted molar refractivity (Wildman–Crippen MR) is 406 cm³/mol. The normalized spacial score (nSPS) is 17.8. The number of urea groups is 1. The van der Waals surface area contributed by atoms with Crippen LogP contribution in [-0.4, -0.2) is 227 Å². The molecule has 3 aromatic rings. The van der Waals surface area contributed by atoms with E-state index in [1.54, 1.807) is 68.8 Å². The minimum absolute atomic E-state index is 0.00717. The second-order valence-corrected chi connectivity index (χ2v) is 30.1. The van der Waals surface area contributed by atoms with E-state index < -0.39 is 155 Å². The van der Waals surface area contributed by atoms with E-state index in [0.717, 1.165) is 5.56 Å². The predicted octanol–water partition coefficient (Wildman–Crippen LogP) is 6.43. The molecule has 13 atom stereocenters. The molecule has 2 aliphatic heterocycles. The van der Waals surface area contributed by atoms with Gasteiger partial charge >= 0.3 is 12.0 Å². The second-order valence-electron chi connectivity index (χ2n) is 30.1. The van der Waals surface area contributed by atoms with Gasteiger partial charge in [0.15, 0.2) is 0 Å². The summed E-state index contributed by atoms with van der Waals surface area (Å²) < 4.78 is 97.0. The highest BCUT2D eigenvalue weighted by molar-refractivity contribution is 5.99. The Hall–Kier alpha value is -8.92. The number of ether oxygens (including phenoxy) is 5. The smallest absolute Gasteiger partial charge is 0.314 e. The highest BCUT2D eigenvalue weighted by Crippen LogP contribution is 2.34. The highest BCUT2D eigenvalue weighted by atomic mass is 19.2. The number of amides is 11. The van der Waals surface area contributed by atoms with Crippen molar-refractivity contribution in [2.75, 3.05) is 86.7 Å². The third-order valence-electron chi connectivity index (χ3n) is 20.6. The van der Waals surface area contributed by atoms with Crippen LogP contribution in [0.25, 0.3) is 0 Å². The van der Waals surface area contributed by atoms with Gasteiger partial charge in [0.25, 0.3) is 0 Å². The van der Waals surface area contributed by atoms with Crippen molar-refractivity contribution in [3.8, 4) is 5.75 Å². The maximum Gasteiger partial charge on any atom is 0.314 e. The quantitative estimate of drug-likeness (QED) is 0.00754. The molecular formula is C79H117F5N12O16. The minimum atomic E-state index is -2.40. The first-order valence-corrected chi connectivity index (χ1v) is 38.4. The van der Waals surface area contributed by atoms with Gasteiger partial charge in [-0.2, -0.15) is 8.78 Å². The zero-order valence-electron chi connectivity index (χ0n) is 67.2. The Labute approximate surface area is 653 Å². The molecule has 624 valence electrons. The average molecular weight is 1590 g/mol. The van der Waals surface area contributed by atoms with Crippen LogP contribution in [0.4, 0.5) is 32.4 Å². The first kappa shape index (κ1) is 93.7. The number of halogens is 5. The van der Waals surface area contributed by atoms with Crippen molar-refractivity contribution >= 4 is 70.9 Å². The lowest BCUT2D eigenvalue weighted by Crippen LogP contribution is -2.59. The van der Waals surface area contributed by atoms with Crippen molar-refractivity contribution in [3.63, 3.8) is 0 Å². The van der Waals surface area contributed by atoms with Crippen LogP contribution in [0.3, 0.4) is 0 Å². The number of nitrogens with one attached hydrogen (secondary N) is 7. The summed E-state index contributed by atoms with van der Waals surface area (Å²) in [5, 5.41) is 19.6. The van der Waals surface area contributed by atoms with Gasteiger partial charge in [-0.05, 0) is 106 Å². The van der Waals surface area contributed by atoms with E-state index in [9.17, 15) is 74.7 Å². The van der Waals surface area contributed by atoms with Crippen molar-refractivity contribution in [2.45, 2.75) is 207 Å². The number of hydrogen-bond donors (Lipinski definition) is 8. The van der Waals surface area contributed by atoms with E-state index in [1.807, 2.05) is 90.9 Å². The lowest BCUT2D eigenvalue weighted by atomic mass is 9.89. The zero-order chi connectivity index (χ0) is 83.4. The number of hydrogen-bond acceptors (Lipinski definition) is 17. The number of carbonyl (C=O) groups excluding carboxylic acids is 11. The van der Waals surface area contributed by atoms with E-state index in [-0.39, 0.29) is 139 Å². The Balaban J connectivity index is 1.13. The summed E-state index contributed by atoms with van der Waals surface area (Å²) in [6.45, 7) is 18.8. The molecular weight excluding hydrogens is 1470 g/mol. The molecule has 5 rings (SSSR count). The van der Waals surface area contributed by atoms with Gasteiger partial charge in [0.05, 0.1) is 81.4 Å². The maximum absolute atomic E-state index is 14.7. The van der Waals surface area contributed by atoms with Crippen molar-refractivity contribution < 1.29 is 98.4 Å². The lowest BCUT2D eigenvalue weighted by Gasteiger charge is -2.41. The Bertz CT molecular complexity index is 3600. The van der Waals surface area contributed by atoms with Crippen LogP contribution in [0.5, 0.6) is 5.75 Å². The summed E-state index contributed by atoms with van der Waals surface area (Å²) in [5.74, 6) is -21.1. The largest absolute Gasteiger partial charge is 0.420 e. The molecule has 0 aromatic heterocycles. The summed E-state index contributed by atoms with van der Waals surface area (Å²) in [6, 6.07) is 8.60. The Morgan fingerprint density at radius 2 is 1.22 bits per heavy atom. The lowest BCUT2D eigenvalue weighted by molar-refractivity contribution is -0.148. The van der Waals surface area contributed by atoms with Gasteiger partial charge < -0.3 is 81.3 Å². The van der Waals surface area contributed by atoms with Crippen LogP contribution >= 0.6 is 0 Å². The number of anilines is 1. The van der Waals surface area contributed by atoms with Gasteiger partial charge in [0, 0.05) is 72.0 Å². The standard InChI is InChI=1S/C79H117F5N12O16/c1-16-47(8)69(94(13)77(105)67(45(4)5)92-76(104)68(46(6)7)93(11)12)57(108-14)42-60(99)96-34-21-25-56(96)70(109-15)49(10)72(100)90-55(41-50-22-18-17-19-23-50)73(101)87-43-51-26-28-53(29-27-51)88-74(102)54(24-20-33-86-79(85)107)89-75(103)66(44(2)3)91-58(97)31-36-110-38-39-111-37-32-59(98)95-35-30-52(40-48(95)9)78(106)112-71-64(83)62(81)61(80)63(82)65(71)84/h17-19,22-23,26-29,44-49,52,54-57,66-70H,16,20-21,24-25,30-43H2,1-15H3,(H,87,101)(H,88,102)(H,89,103)(H,90,100)(H,91,97)(H,92,104)(H3,85,86,107)/t47-,48?,49+,52?,54-,55-,56-,57+,66-,67-,68-,69-,70+/m0/s1. The molecule has 2 heterocycles. The molecule has 0 saturated carbocycles. The number of methoxy groups -OCH3 is 2. The van der Waals surface area contributed by atoms with E-state index in [0.29, 0.717) is 37.1 Å². The summed E-state index contributed by atoms with van der Waals surface area (Å²) in [5.41, 5.74) is 6.99. The molecule has 3 aromatic carbocycles. The molecule has 0 spiro atoms. The molecule has 2 saturated heterocycles. The molecule has 2 aliphatic rings. The molecule has 0 bridgehead atoms. The zero-order valence-corrected chi connectivity index (χ0v) is 67.2. The summed E-state index contributed by atoms with van der Waals surface area (Å²) >= 11 is 0. The van der Waals surface area contributed by atoms with Gasteiger partial charge in [-0.25, -0.2) is 18.0 Å². The number of nitrogens with zero attached hydrogens (tertiary/aromatic N) is 4. The Morgan fingerprint density at radius 1 is 0.616 bits per heavy atom. The molecule has 0 aliphatic carbocycles. The molecule has 2 fully saturated rings. The van der Waals surface area contributed by atoms with E-state index in [2.05, 4.69) is 42.0 Å². The number of piperidine rings is 1. The number of rotatable bonds is 44. The minimum Gasteiger partial charge on any atom is -0.420 e. The van der Waals surface area contributed by atoms with E-state index >= 15 is 0 Å². The summed E-state index contributed by atoms with van der Waals surface area (Å²) in [4.78, 5) is 157. The maximum atomic E-state index is 14.7. The number of benzene rings is 3. The van der Waals surface area contributed by atoms with Crippen molar-refractivity contribution in [1.82, 2.24) is 51.5 Å². The van der Waals surface area contributed by atoms with Crippen molar-refractivity contribution in [3.05, 3.63) is 94.8 Å². The average Bonchev–Trinajstić information content (AvgIpc) is 1.61. The molecule has 28 nitrogen and oxygen atoms in total. The van der Waals surface area contributed by atoms with Gasteiger partial charge in [-0.15, -0.1) is 0 Å². The number of nitrogens with two attached hydrogens (primary N) is 1. The number of esters is 1. The summed E-state index contributed by atoms with van der Waals surface area (Å²) in [6.07, 6.45) is 0.298. The molecule has 9 N–H and O–H groups in total. The number of primary amides is 1. The van der Waals surface area contributed by atoms with Crippen LogP contribution < -0.4 is 47.7 Å². The molecule has 33 heteroatoms. The summed E-state index contributed by atoms with van der Waals surface area (Å²) in [7, 11) is 8.33. The number of carbonyl (C=O) groups is 11. The SMILES string of the molecule is CC[C@H](C)[C@@H]([C@@H](CC(=O)N1CCC[C@H]1[C@H](OC)[C@@H](C)C(=O)N[C@@H](Cc1ccccc1)C(=O)NCc1ccc(NC(=O)[C@H](CCCNC(N)=O)NC(=O)[C@@H](NC(=O)CCOCCOCCC(=O)N2CCC(C(=O)Oc3c(F)c(F)c(F)c(F)c3F)CC2C)C(C)C)cc1)OC)N(C)C(=O)[C@@H](NC(=O)[C@H](C(C)C)N(C)C)C(C)C. The molecule has 112 heavy (non-hydrogen) atoms. The van der Waals surface area contributed by atoms with Crippen molar-refractivity contribution in [2.24, 2.45) is 41.2 Å². The monoisotopic (exact) mass is 1580 g/mol. The van der Waals surface area contributed by atoms with Gasteiger partial charge in [-0.1, -0.05) is 111 Å². The van der Waals surface area contributed by atoms with Crippen molar-refractivity contribution in [1.29, 1.82) is 0 Å². The third-order valence-corrected chi connectivity index (χ3v) is 20.6. The third kappa shape index (κ3) is 27.2. The first-order chi connectivity index (χ1) is 53.0. The number of likely N-dealkylation sites (tertiary alicyclic amines) is 2. The van der Waals surface area contributed by atoms with E-state index in [4.69, 9.17) is 24.7 Å². The molecule has 11 amide bonds. The Kier molecular flexibility index (Phi) is 38.2. The van der Waals surface area contributed by atoms with Gasteiger partial charge in [-0.3, -0.25) is 52.8 Å². The fourth-order valence-corrected chi connectivity index (χ4v) is 14.3. The second kappa shape index (κ2) is 45.7. The van der Waals surface area contributed by atoms with Crippen LogP contribution in [0, 0.1) is 64.6 Å². The fourth-order valence-electron chi connectivity index (χ4n) is 14.3. The van der Waals surface area contributed by atoms with Crippen LogP contribution in [0.2, 0.25) is 0 Å². The number of likely N-dealkylation sites (N-methyl/N-ethyl adjacent to an activating group) is 2. The Morgan fingerprint density at radius 3 is 1.79 bits per heavy atom. The van der Waals surface area contributed by atoms with Gasteiger partial charge in [0.2, 0.25) is 88.0 Å². The molecule has 2 unspecified atom stereocenters. The van der Waals surface area contributed by atoms with Crippen LogP contribution in [0.1, 0.15) is 145 Å². The molecule has 0 radical (unpaired) electrons. The highest BCUT2D eigenvalue weighted by Gasteiger charge is 2.45.